The summed E-state index contributed by atoms with van der Waals surface area (Å²) in [5.41, 5.74) is 5.49. The van der Waals surface area contributed by atoms with Crippen LogP contribution in [0.1, 0.15) is 47.5 Å². The molecule has 1 amide bonds. The Morgan fingerprint density at radius 2 is 1.81 bits per heavy atom. The molecule has 1 atom stereocenters. The van der Waals surface area contributed by atoms with Crippen LogP contribution in [0.25, 0.3) is 0 Å². The van der Waals surface area contributed by atoms with Crippen LogP contribution in [-0.2, 0) is 0 Å². The molecule has 0 spiro atoms. The summed E-state index contributed by atoms with van der Waals surface area (Å²) in [6.45, 7) is 0. The van der Waals surface area contributed by atoms with Crippen LogP contribution in [0.2, 0.25) is 0 Å². The van der Waals surface area contributed by atoms with Crippen molar-refractivity contribution in [1.29, 1.82) is 0 Å². The van der Waals surface area contributed by atoms with Crippen LogP contribution in [0.15, 0.2) is 53.6 Å². The SMILES string of the molecule is COc1ccc(C(=O)N/N=C2/CCCC[C@H]2c2ccccc2)cc1OC. The second-order valence-electron chi connectivity index (χ2n) is 6.32. The Hall–Kier alpha value is -2.82. The van der Waals surface area contributed by atoms with E-state index in [1.807, 2.05) is 18.2 Å². The highest BCUT2D eigenvalue weighted by Crippen LogP contribution is 2.31. The third-order valence-electron chi connectivity index (χ3n) is 4.73. The van der Waals surface area contributed by atoms with Crippen molar-refractivity contribution < 1.29 is 14.3 Å². The molecule has 0 unspecified atom stereocenters. The number of carbonyl (C=O) groups excluding carboxylic acids is 1. The number of hydrazone groups is 1. The number of rotatable bonds is 5. The summed E-state index contributed by atoms with van der Waals surface area (Å²) in [6.07, 6.45) is 4.26. The van der Waals surface area contributed by atoms with Gasteiger partial charge in [-0.1, -0.05) is 36.8 Å². The molecule has 5 heteroatoms. The molecule has 0 radical (unpaired) electrons. The second-order valence-corrected chi connectivity index (χ2v) is 6.32. The van der Waals surface area contributed by atoms with E-state index in [0.29, 0.717) is 17.1 Å². The predicted molar refractivity (Wildman–Crippen MR) is 102 cm³/mol. The van der Waals surface area contributed by atoms with Gasteiger partial charge >= 0.3 is 0 Å². The molecule has 2 aromatic carbocycles. The largest absolute Gasteiger partial charge is 0.493 e. The number of amides is 1. The van der Waals surface area contributed by atoms with Gasteiger partial charge in [-0.05, 0) is 43.0 Å². The first kappa shape index (κ1) is 18.0. The lowest BCUT2D eigenvalue weighted by Gasteiger charge is -2.24. The van der Waals surface area contributed by atoms with Crippen LogP contribution in [0, 0.1) is 0 Å². The van der Waals surface area contributed by atoms with Crippen molar-refractivity contribution in [1.82, 2.24) is 5.43 Å². The first-order valence-electron chi connectivity index (χ1n) is 8.86. The van der Waals surface area contributed by atoms with Gasteiger partial charge in [0.15, 0.2) is 11.5 Å². The molecule has 1 N–H and O–H groups in total. The van der Waals surface area contributed by atoms with Gasteiger partial charge in [-0.25, -0.2) is 5.43 Å². The molecular weight excluding hydrogens is 328 g/mol. The molecule has 0 heterocycles. The number of nitrogens with one attached hydrogen (secondary N) is 1. The van der Waals surface area contributed by atoms with Crippen LogP contribution in [0.5, 0.6) is 11.5 Å². The summed E-state index contributed by atoms with van der Waals surface area (Å²) in [7, 11) is 3.11. The highest BCUT2D eigenvalue weighted by atomic mass is 16.5. The van der Waals surface area contributed by atoms with Crippen molar-refractivity contribution in [2.45, 2.75) is 31.6 Å². The van der Waals surface area contributed by atoms with E-state index < -0.39 is 0 Å². The fourth-order valence-corrected chi connectivity index (χ4v) is 3.34. The van der Waals surface area contributed by atoms with E-state index in [-0.39, 0.29) is 11.8 Å². The Bertz CT molecular complexity index is 787. The zero-order valence-corrected chi connectivity index (χ0v) is 15.2. The van der Waals surface area contributed by atoms with Gasteiger partial charge in [0.25, 0.3) is 5.91 Å². The molecule has 2 aromatic rings. The summed E-state index contributed by atoms with van der Waals surface area (Å²) in [6, 6.07) is 15.4. The highest BCUT2D eigenvalue weighted by molar-refractivity contribution is 5.97. The highest BCUT2D eigenvalue weighted by Gasteiger charge is 2.22. The van der Waals surface area contributed by atoms with Crippen LogP contribution < -0.4 is 14.9 Å². The minimum absolute atomic E-state index is 0.254. The number of benzene rings is 2. The number of carbonyl (C=O) groups is 1. The predicted octanol–water partition coefficient (Wildman–Crippen LogP) is 4.15. The summed E-state index contributed by atoms with van der Waals surface area (Å²) in [4.78, 5) is 12.5. The smallest absolute Gasteiger partial charge is 0.271 e. The van der Waals surface area contributed by atoms with Gasteiger partial charge in [-0.2, -0.15) is 5.10 Å². The van der Waals surface area contributed by atoms with E-state index in [0.717, 1.165) is 25.0 Å². The van der Waals surface area contributed by atoms with Crippen molar-refractivity contribution in [3.63, 3.8) is 0 Å². The fourth-order valence-electron chi connectivity index (χ4n) is 3.34. The van der Waals surface area contributed by atoms with E-state index in [9.17, 15) is 4.79 Å². The molecule has 0 aliphatic heterocycles. The molecule has 1 fully saturated rings. The molecule has 136 valence electrons. The first-order valence-corrected chi connectivity index (χ1v) is 8.86. The Balaban J connectivity index is 1.76. The number of methoxy groups -OCH3 is 2. The molecule has 0 bridgehead atoms. The molecular formula is C21H24N2O3. The normalized spacial score (nSPS) is 18.4. The van der Waals surface area contributed by atoms with Gasteiger partial charge in [0.1, 0.15) is 0 Å². The number of ether oxygens (including phenoxy) is 2. The van der Waals surface area contributed by atoms with Gasteiger partial charge in [0.05, 0.1) is 14.2 Å². The van der Waals surface area contributed by atoms with Gasteiger partial charge in [0.2, 0.25) is 0 Å². The van der Waals surface area contributed by atoms with Gasteiger partial charge in [-0.15, -0.1) is 0 Å². The summed E-state index contributed by atoms with van der Waals surface area (Å²) in [5, 5.41) is 4.46. The third-order valence-corrected chi connectivity index (χ3v) is 4.73. The van der Waals surface area contributed by atoms with E-state index in [2.05, 4.69) is 22.7 Å². The molecule has 3 rings (SSSR count). The standard InChI is InChI=1S/C21H24N2O3/c1-25-19-13-12-16(14-20(19)26-2)21(24)23-22-18-11-7-6-10-17(18)15-8-4-3-5-9-15/h3-5,8-9,12-14,17H,6-7,10-11H2,1-2H3,(H,23,24)/b22-18-/t17-/m0/s1. The summed E-state index contributed by atoms with van der Waals surface area (Å²) < 4.78 is 10.5. The zero-order chi connectivity index (χ0) is 18.4. The average Bonchev–Trinajstić information content (AvgIpc) is 2.72. The number of hydrogen-bond donors (Lipinski definition) is 1. The lowest BCUT2D eigenvalue weighted by Crippen LogP contribution is -2.24. The molecule has 1 aliphatic carbocycles. The Morgan fingerprint density at radius 1 is 1.04 bits per heavy atom. The number of hydrogen-bond acceptors (Lipinski definition) is 4. The van der Waals surface area contributed by atoms with Crippen LogP contribution in [-0.4, -0.2) is 25.8 Å². The van der Waals surface area contributed by atoms with Crippen molar-refractivity contribution in [3.05, 3.63) is 59.7 Å². The Kier molecular flexibility index (Phi) is 5.89. The van der Waals surface area contributed by atoms with Gasteiger partial charge < -0.3 is 9.47 Å². The summed E-state index contributed by atoms with van der Waals surface area (Å²) >= 11 is 0. The zero-order valence-electron chi connectivity index (χ0n) is 15.2. The Labute approximate surface area is 154 Å². The van der Waals surface area contributed by atoms with E-state index in [1.54, 1.807) is 32.4 Å². The average molecular weight is 352 g/mol. The molecule has 0 aromatic heterocycles. The van der Waals surface area contributed by atoms with Crippen molar-refractivity contribution in [2.24, 2.45) is 5.10 Å². The van der Waals surface area contributed by atoms with Crippen molar-refractivity contribution >= 4 is 11.6 Å². The molecule has 26 heavy (non-hydrogen) atoms. The van der Waals surface area contributed by atoms with Crippen LogP contribution in [0.3, 0.4) is 0 Å². The maximum absolute atomic E-state index is 12.5. The lowest BCUT2D eigenvalue weighted by molar-refractivity contribution is 0.0954. The fraction of sp³-hybridized carbons (Fsp3) is 0.333. The first-order chi connectivity index (χ1) is 12.7. The quantitative estimate of drug-likeness (QED) is 0.823. The maximum Gasteiger partial charge on any atom is 0.271 e. The topological polar surface area (TPSA) is 59.9 Å². The molecule has 1 aliphatic rings. The van der Waals surface area contributed by atoms with E-state index in [4.69, 9.17) is 9.47 Å². The maximum atomic E-state index is 12.5. The molecule has 1 saturated carbocycles. The van der Waals surface area contributed by atoms with Gasteiger partial charge in [0, 0.05) is 17.2 Å². The minimum Gasteiger partial charge on any atom is -0.493 e. The Morgan fingerprint density at radius 3 is 2.54 bits per heavy atom. The minimum atomic E-state index is -0.254. The monoisotopic (exact) mass is 352 g/mol. The van der Waals surface area contributed by atoms with E-state index in [1.165, 1.54) is 12.0 Å². The van der Waals surface area contributed by atoms with Gasteiger partial charge in [-0.3, -0.25) is 4.79 Å². The van der Waals surface area contributed by atoms with E-state index >= 15 is 0 Å². The van der Waals surface area contributed by atoms with Crippen molar-refractivity contribution in [2.75, 3.05) is 14.2 Å². The molecule has 0 saturated heterocycles. The van der Waals surface area contributed by atoms with Crippen molar-refractivity contribution in [3.8, 4) is 11.5 Å². The molecule has 5 nitrogen and oxygen atoms in total. The van der Waals surface area contributed by atoms with Crippen LogP contribution >= 0.6 is 0 Å². The third kappa shape index (κ3) is 4.04. The summed E-state index contributed by atoms with van der Waals surface area (Å²) in [5.74, 6) is 1.13. The van der Waals surface area contributed by atoms with Crippen LogP contribution in [0.4, 0.5) is 0 Å². The lowest BCUT2D eigenvalue weighted by atomic mass is 9.82. The second kappa shape index (κ2) is 8.52. The number of nitrogens with zero attached hydrogens (tertiary/aromatic N) is 1.